The first-order chi connectivity index (χ1) is 5.68. The fourth-order valence-corrected chi connectivity index (χ4v) is 0.785. The summed E-state index contributed by atoms with van der Waals surface area (Å²) in [5.41, 5.74) is 0. The Morgan fingerprint density at radius 1 is 0.923 bits per heavy atom. The Morgan fingerprint density at radius 3 is 1.62 bits per heavy atom. The summed E-state index contributed by atoms with van der Waals surface area (Å²) in [5.74, 6) is -5.35. The largest absolute Gasteiger partial charge is 0.456 e. The summed E-state index contributed by atoms with van der Waals surface area (Å²) in [6, 6.07) is 0. The van der Waals surface area contributed by atoms with Gasteiger partial charge in [-0.05, 0) is 0 Å². The molecule has 1 heterocycles. The summed E-state index contributed by atoms with van der Waals surface area (Å²) >= 11 is 0. The van der Waals surface area contributed by atoms with E-state index in [1.807, 2.05) is 0 Å². The molecule has 0 spiro atoms. The van der Waals surface area contributed by atoms with Crippen LogP contribution in [0.2, 0.25) is 0 Å². The Labute approximate surface area is 67.5 Å². The summed E-state index contributed by atoms with van der Waals surface area (Å²) in [5, 5.41) is 0. The molecule has 3 unspecified atom stereocenters. The van der Waals surface area contributed by atoms with Crippen molar-refractivity contribution in [1.29, 1.82) is 0 Å². The molecule has 0 saturated carbocycles. The van der Waals surface area contributed by atoms with E-state index in [4.69, 9.17) is 0 Å². The van der Waals surface area contributed by atoms with Crippen LogP contribution < -0.4 is 0 Å². The lowest BCUT2D eigenvalue weighted by Crippen LogP contribution is -2.62. The molecular formula is C5H3F7O. The molecular weight excluding hydrogens is 209 g/mol. The third-order valence-corrected chi connectivity index (χ3v) is 1.55. The van der Waals surface area contributed by atoms with Crippen molar-refractivity contribution in [3.05, 3.63) is 0 Å². The van der Waals surface area contributed by atoms with Crippen LogP contribution in [0.3, 0.4) is 0 Å². The first kappa shape index (κ1) is 10.6. The number of alkyl halides is 7. The highest BCUT2D eigenvalue weighted by atomic mass is 19.4. The molecule has 0 N–H and O–H groups in total. The van der Waals surface area contributed by atoms with Gasteiger partial charge in [-0.1, -0.05) is 0 Å². The molecule has 8 heteroatoms. The molecule has 0 amide bonds. The lowest BCUT2D eigenvalue weighted by molar-refractivity contribution is -0.383. The molecule has 13 heavy (non-hydrogen) atoms. The predicted molar refractivity (Wildman–Crippen MR) is 25.7 cm³/mol. The zero-order valence-corrected chi connectivity index (χ0v) is 5.79. The van der Waals surface area contributed by atoms with E-state index in [9.17, 15) is 30.7 Å². The predicted octanol–water partition coefficient (Wildman–Crippen LogP) is 2.22. The molecule has 78 valence electrons. The van der Waals surface area contributed by atoms with E-state index in [2.05, 4.69) is 4.74 Å². The van der Waals surface area contributed by atoms with Crippen molar-refractivity contribution in [3.63, 3.8) is 0 Å². The molecule has 1 nitrogen and oxygen atoms in total. The number of ether oxygens (including phenoxy) is 1. The SMILES string of the molecule is FC1OC(C(F)(F)C(F)(F)F)C1F. The van der Waals surface area contributed by atoms with E-state index in [1.165, 1.54) is 0 Å². The molecule has 1 aliphatic heterocycles. The van der Waals surface area contributed by atoms with Gasteiger partial charge in [0.25, 0.3) is 0 Å². The molecule has 3 atom stereocenters. The van der Waals surface area contributed by atoms with Crippen molar-refractivity contribution >= 4 is 0 Å². The Bertz CT molecular complexity index is 200. The van der Waals surface area contributed by atoms with Crippen molar-refractivity contribution in [3.8, 4) is 0 Å². The van der Waals surface area contributed by atoms with Crippen molar-refractivity contribution < 1.29 is 35.5 Å². The summed E-state index contributed by atoms with van der Waals surface area (Å²) in [6.45, 7) is 0. The maximum absolute atomic E-state index is 12.1. The van der Waals surface area contributed by atoms with Gasteiger partial charge in [0.05, 0.1) is 0 Å². The average Bonchev–Trinajstić information content (AvgIpc) is 1.97. The second-order valence-corrected chi connectivity index (χ2v) is 2.47. The van der Waals surface area contributed by atoms with Gasteiger partial charge in [0.15, 0.2) is 12.3 Å². The van der Waals surface area contributed by atoms with E-state index < -0.39 is 30.7 Å². The smallest absolute Gasteiger partial charge is 0.332 e. The zero-order valence-electron chi connectivity index (χ0n) is 5.79. The summed E-state index contributed by atoms with van der Waals surface area (Å²) in [4.78, 5) is 0. The average molecular weight is 212 g/mol. The monoisotopic (exact) mass is 212 g/mol. The minimum absolute atomic E-state index is 2.70. The summed E-state index contributed by atoms with van der Waals surface area (Å²) in [7, 11) is 0. The van der Waals surface area contributed by atoms with Gasteiger partial charge in [-0.25, -0.2) is 8.78 Å². The third kappa shape index (κ3) is 1.47. The highest BCUT2D eigenvalue weighted by molar-refractivity contribution is 4.97. The van der Waals surface area contributed by atoms with Gasteiger partial charge < -0.3 is 4.74 Å². The number of hydrogen-bond donors (Lipinski definition) is 0. The molecule has 0 aromatic carbocycles. The molecule has 1 rings (SSSR count). The van der Waals surface area contributed by atoms with Crippen LogP contribution in [0.15, 0.2) is 0 Å². The minimum atomic E-state index is -5.93. The Morgan fingerprint density at radius 2 is 1.38 bits per heavy atom. The van der Waals surface area contributed by atoms with E-state index in [-0.39, 0.29) is 0 Å². The maximum atomic E-state index is 12.1. The Balaban J connectivity index is 2.72. The van der Waals surface area contributed by atoms with Gasteiger partial charge in [-0.15, -0.1) is 0 Å². The maximum Gasteiger partial charge on any atom is 0.456 e. The van der Waals surface area contributed by atoms with Gasteiger partial charge in [-0.2, -0.15) is 22.0 Å². The van der Waals surface area contributed by atoms with Crippen LogP contribution in [-0.2, 0) is 4.74 Å². The van der Waals surface area contributed by atoms with Crippen LogP contribution in [0.25, 0.3) is 0 Å². The second-order valence-electron chi connectivity index (χ2n) is 2.47. The van der Waals surface area contributed by atoms with Crippen LogP contribution >= 0.6 is 0 Å². The molecule has 0 bridgehead atoms. The molecule has 1 saturated heterocycles. The van der Waals surface area contributed by atoms with Crippen LogP contribution in [0.1, 0.15) is 0 Å². The van der Waals surface area contributed by atoms with Crippen molar-refractivity contribution in [2.45, 2.75) is 30.7 Å². The molecule has 0 aromatic rings. The standard InChI is InChI=1S/C5H3F7O/c6-1-2(13-3(1)7)4(8,9)5(10,11)12/h1-3H. The lowest BCUT2D eigenvalue weighted by Gasteiger charge is -2.39. The highest BCUT2D eigenvalue weighted by Gasteiger charge is 2.70. The van der Waals surface area contributed by atoms with Crippen LogP contribution in [0, 0.1) is 0 Å². The van der Waals surface area contributed by atoms with Gasteiger partial charge in [-0.3, -0.25) is 0 Å². The van der Waals surface area contributed by atoms with Crippen LogP contribution in [0.4, 0.5) is 30.7 Å². The fourth-order valence-electron chi connectivity index (χ4n) is 0.785. The third-order valence-electron chi connectivity index (χ3n) is 1.55. The molecule has 1 fully saturated rings. The topological polar surface area (TPSA) is 9.23 Å². The normalized spacial score (nSPS) is 35.8. The van der Waals surface area contributed by atoms with Gasteiger partial charge in [0.2, 0.25) is 6.36 Å². The van der Waals surface area contributed by atoms with Crippen LogP contribution in [-0.4, -0.2) is 30.7 Å². The van der Waals surface area contributed by atoms with Gasteiger partial charge >= 0.3 is 12.1 Å². The van der Waals surface area contributed by atoms with Crippen LogP contribution in [0.5, 0.6) is 0 Å². The van der Waals surface area contributed by atoms with Gasteiger partial charge in [0.1, 0.15) is 0 Å². The zero-order chi connectivity index (χ0) is 10.4. The van der Waals surface area contributed by atoms with E-state index >= 15 is 0 Å². The lowest BCUT2D eigenvalue weighted by atomic mass is 10.0. The van der Waals surface area contributed by atoms with Crippen molar-refractivity contribution in [2.75, 3.05) is 0 Å². The summed E-state index contributed by atoms with van der Waals surface area (Å²) in [6.07, 6.45) is -14.6. The fraction of sp³-hybridized carbons (Fsp3) is 1.00. The second kappa shape index (κ2) is 2.73. The first-order valence-corrected chi connectivity index (χ1v) is 3.06. The summed E-state index contributed by atoms with van der Waals surface area (Å²) < 4.78 is 86.0. The highest BCUT2D eigenvalue weighted by Crippen LogP contribution is 2.46. The van der Waals surface area contributed by atoms with E-state index in [0.29, 0.717) is 0 Å². The molecule has 1 aliphatic rings. The Hall–Kier alpha value is -0.530. The first-order valence-electron chi connectivity index (χ1n) is 3.06. The van der Waals surface area contributed by atoms with E-state index in [1.54, 1.807) is 0 Å². The number of halogens is 7. The Kier molecular flexibility index (Phi) is 2.21. The molecule has 0 aromatic heterocycles. The van der Waals surface area contributed by atoms with Crippen molar-refractivity contribution in [1.82, 2.24) is 0 Å². The quantitative estimate of drug-likeness (QED) is 0.605. The van der Waals surface area contributed by atoms with E-state index in [0.717, 1.165) is 0 Å². The van der Waals surface area contributed by atoms with Crippen molar-refractivity contribution in [2.24, 2.45) is 0 Å². The molecule has 0 radical (unpaired) electrons. The number of hydrogen-bond acceptors (Lipinski definition) is 1. The molecule has 0 aliphatic carbocycles. The minimum Gasteiger partial charge on any atom is -0.332 e. The van der Waals surface area contributed by atoms with Gasteiger partial charge in [0, 0.05) is 0 Å². The number of rotatable bonds is 1.